The second kappa shape index (κ2) is 8.05. The first-order chi connectivity index (χ1) is 11.7. The molecule has 0 aliphatic heterocycles. The van der Waals surface area contributed by atoms with Gasteiger partial charge in [-0.3, -0.25) is 4.79 Å². The summed E-state index contributed by atoms with van der Waals surface area (Å²) in [5, 5.41) is 3.31. The van der Waals surface area contributed by atoms with Gasteiger partial charge in [-0.05, 0) is 42.5 Å². The summed E-state index contributed by atoms with van der Waals surface area (Å²) in [6, 6.07) is 10.6. The Bertz CT molecular complexity index is 870. The van der Waals surface area contributed by atoms with Crippen molar-refractivity contribution in [2.75, 3.05) is 26.0 Å². The maximum Gasteiger partial charge on any atom is 0.243 e. The Balaban J connectivity index is 2.10. The lowest BCUT2D eigenvalue weighted by Gasteiger charge is -2.17. The molecule has 0 radical (unpaired) electrons. The van der Waals surface area contributed by atoms with E-state index in [4.69, 9.17) is 27.9 Å². The van der Waals surface area contributed by atoms with E-state index >= 15 is 0 Å². The molecule has 0 spiro atoms. The minimum atomic E-state index is -3.87. The van der Waals surface area contributed by atoms with Crippen LogP contribution in [0.25, 0.3) is 0 Å². The standard InChI is InChI=1S/C16H16Cl2N2O4S/c1-20(10-16(21)19-12-5-3-11(17)4-6-12)25(22,23)13-7-8-15(24-2)14(18)9-13/h3-9H,10H2,1-2H3,(H,19,21). The molecule has 0 unspecified atom stereocenters. The van der Waals surface area contributed by atoms with Crippen LogP contribution in [0.3, 0.4) is 0 Å². The SMILES string of the molecule is COc1ccc(S(=O)(=O)N(C)CC(=O)Nc2ccc(Cl)cc2)cc1Cl. The van der Waals surface area contributed by atoms with Gasteiger partial charge >= 0.3 is 0 Å². The number of hydrogen-bond acceptors (Lipinski definition) is 4. The van der Waals surface area contributed by atoms with Gasteiger partial charge in [0.15, 0.2) is 0 Å². The molecule has 2 aromatic carbocycles. The third kappa shape index (κ3) is 4.85. The van der Waals surface area contributed by atoms with Gasteiger partial charge < -0.3 is 10.1 Å². The normalized spacial score (nSPS) is 11.4. The van der Waals surface area contributed by atoms with E-state index in [0.717, 1.165) is 4.31 Å². The van der Waals surface area contributed by atoms with Crippen molar-refractivity contribution in [1.82, 2.24) is 4.31 Å². The second-order valence-corrected chi connectivity index (χ2v) is 8.00. The molecular weight excluding hydrogens is 387 g/mol. The molecule has 134 valence electrons. The van der Waals surface area contributed by atoms with Crippen molar-refractivity contribution in [3.8, 4) is 5.75 Å². The molecule has 0 saturated heterocycles. The number of rotatable bonds is 6. The quantitative estimate of drug-likeness (QED) is 0.804. The minimum Gasteiger partial charge on any atom is -0.495 e. The van der Waals surface area contributed by atoms with Crippen LogP contribution < -0.4 is 10.1 Å². The van der Waals surface area contributed by atoms with Crippen molar-refractivity contribution in [3.63, 3.8) is 0 Å². The molecule has 0 aromatic heterocycles. The van der Waals surface area contributed by atoms with Crippen molar-refractivity contribution in [2.45, 2.75) is 4.90 Å². The molecule has 0 atom stereocenters. The van der Waals surface area contributed by atoms with E-state index < -0.39 is 15.9 Å². The largest absolute Gasteiger partial charge is 0.495 e. The highest BCUT2D eigenvalue weighted by molar-refractivity contribution is 7.89. The molecule has 9 heteroatoms. The Morgan fingerprint density at radius 2 is 1.80 bits per heavy atom. The number of nitrogens with zero attached hydrogens (tertiary/aromatic N) is 1. The van der Waals surface area contributed by atoms with E-state index in [1.807, 2.05) is 0 Å². The Kier molecular flexibility index (Phi) is 6.29. The van der Waals surface area contributed by atoms with E-state index in [2.05, 4.69) is 5.32 Å². The first-order valence-corrected chi connectivity index (χ1v) is 9.29. The molecule has 0 saturated carbocycles. The highest BCUT2D eigenvalue weighted by Crippen LogP contribution is 2.28. The molecule has 2 rings (SSSR count). The molecule has 25 heavy (non-hydrogen) atoms. The van der Waals surface area contributed by atoms with Crippen LogP contribution in [0.2, 0.25) is 10.0 Å². The lowest BCUT2D eigenvalue weighted by Crippen LogP contribution is -2.34. The predicted molar refractivity (Wildman–Crippen MR) is 97.9 cm³/mol. The van der Waals surface area contributed by atoms with E-state index in [1.54, 1.807) is 24.3 Å². The summed E-state index contributed by atoms with van der Waals surface area (Å²) in [5.41, 5.74) is 0.521. The van der Waals surface area contributed by atoms with Crippen LogP contribution in [0.1, 0.15) is 0 Å². The van der Waals surface area contributed by atoms with Crippen LogP contribution in [-0.4, -0.2) is 39.3 Å². The smallest absolute Gasteiger partial charge is 0.243 e. The second-order valence-electron chi connectivity index (χ2n) is 5.11. The van der Waals surface area contributed by atoms with Crippen molar-refractivity contribution >= 4 is 44.8 Å². The third-order valence-electron chi connectivity index (χ3n) is 3.33. The van der Waals surface area contributed by atoms with Crippen molar-refractivity contribution in [3.05, 3.63) is 52.5 Å². The van der Waals surface area contributed by atoms with E-state index in [9.17, 15) is 13.2 Å². The highest BCUT2D eigenvalue weighted by Gasteiger charge is 2.24. The number of likely N-dealkylation sites (N-methyl/N-ethyl adjacent to an activating group) is 1. The predicted octanol–water partition coefficient (Wildman–Crippen LogP) is 3.26. The molecule has 0 bridgehead atoms. The molecular formula is C16H16Cl2N2O4S. The lowest BCUT2D eigenvalue weighted by molar-refractivity contribution is -0.116. The fraction of sp³-hybridized carbons (Fsp3) is 0.188. The number of hydrogen-bond donors (Lipinski definition) is 1. The first-order valence-electron chi connectivity index (χ1n) is 7.09. The number of nitrogens with one attached hydrogen (secondary N) is 1. The van der Waals surface area contributed by atoms with Crippen LogP contribution in [0.4, 0.5) is 5.69 Å². The number of carbonyl (C=O) groups excluding carboxylic acids is 1. The lowest BCUT2D eigenvalue weighted by atomic mass is 10.3. The highest BCUT2D eigenvalue weighted by atomic mass is 35.5. The zero-order valence-electron chi connectivity index (χ0n) is 13.5. The Morgan fingerprint density at radius 1 is 1.16 bits per heavy atom. The zero-order valence-corrected chi connectivity index (χ0v) is 15.8. The maximum atomic E-state index is 12.5. The fourth-order valence-corrected chi connectivity index (χ4v) is 3.61. The molecule has 0 aliphatic rings. The van der Waals surface area contributed by atoms with Gasteiger partial charge in [-0.2, -0.15) is 4.31 Å². The maximum absolute atomic E-state index is 12.5. The number of methoxy groups -OCH3 is 1. The molecule has 0 heterocycles. The van der Waals surface area contributed by atoms with Crippen LogP contribution in [0.15, 0.2) is 47.4 Å². The fourth-order valence-electron chi connectivity index (χ4n) is 2.01. The van der Waals surface area contributed by atoms with Crippen LogP contribution in [0, 0.1) is 0 Å². The number of carbonyl (C=O) groups is 1. The monoisotopic (exact) mass is 402 g/mol. The molecule has 0 aliphatic carbocycles. The van der Waals surface area contributed by atoms with Crippen molar-refractivity contribution in [2.24, 2.45) is 0 Å². The molecule has 2 aromatic rings. The van der Waals surface area contributed by atoms with Crippen LogP contribution >= 0.6 is 23.2 Å². The van der Waals surface area contributed by atoms with Gasteiger partial charge in [-0.1, -0.05) is 23.2 Å². The summed E-state index contributed by atoms with van der Waals surface area (Å²) in [6.07, 6.45) is 0. The van der Waals surface area contributed by atoms with Gasteiger partial charge in [0.25, 0.3) is 0 Å². The topological polar surface area (TPSA) is 75.7 Å². The zero-order chi connectivity index (χ0) is 18.6. The summed E-state index contributed by atoms with van der Waals surface area (Å²) >= 11 is 11.7. The Labute approximate surface area is 156 Å². The van der Waals surface area contributed by atoms with Gasteiger partial charge in [0.2, 0.25) is 15.9 Å². The summed E-state index contributed by atoms with van der Waals surface area (Å²) in [7, 11) is -1.12. The van der Waals surface area contributed by atoms with Crippen molar-refractivity contribution < 1.29 is 17.9 Å². The summed E-state index contributed by atoms with van der Waals surface area (Å²) in [6.45, 7) is -0.353. The minimum absolute atomic E-state index is 0.0277. The number of sulfonamides is 1. The number of ether oxygens (including phenoxy) is 1. The van der Waals surface area contributed by atoms with Crippen LogP contribution in [0.5, 0.6) is 5.75 Å². The van der Waals surface area contributed by atoms with Crippen LogP contribution in [-0.2, 0) is 14.8 Å². The molecule has 1 N–H and O–H groups in total. The molecule has 6 nitrogen and oxygen atoms in total. The average Bonchev–Trinajstić information content (AvgIpc) is 2.56. The summed E-state index contributed by atoms with van der Waals surface area (Å²) < 4.78 is 31.0. The molecule has 1 amide bonds. The van der Waals surface area contributed by atoms with E-state index in [1.165, 1.54) is 32.4 Å². The Hall–Kier alpha value is -1.80. The molecule has 0 fully saturated rings. The average molecular weight is 403 g/mol. The summed E-state index contributed by atoms with van der Waals surface area (Å²) in [5.74, 6) is -0.114. The first kappa shape index (κ1) is 19.5. The summed E-state index contributed by atoms with van der Waals surface area (Å²) in [4.78, 5) is 12.0. The number of amides is 1. The number of benzene rings is 2. The van der Waals surface area contributed by atoms with Gasteiger partial charge in [-0.15, -0.1) is 0 Å². The number of halogens is 2. The van der Waals surface area contributed by atoms with Gasteiger partial charge in [0.05, 0.1) is 23.6 Å². The van der Waals surface area contributed by atoms with Gasteiger partial charge in [-0.25, -0.2) is 8.42 Å². The van der Waals surface area contributed by atoms with Crippen molar-refractivity contribution in [1.29, 1.82) is 0 Å². The Morgan fingerprint density at radius 3 is 2.36 bits per heavy atom. The third-order valence-corrected chi connectivity index (χ3v) is 5.67. The number of anilines is 1. The van der Waals surface area contributed by atoms with E-state index in [-0.39, 0.29) is 16.5 Å². The van der Waals surface area contributed by atoms with E-state index in [0.29, 0.717) is 16.5 Å². The van der Waals surface area contributed by atoms with Gasteiger partial charge in [0, 0.05) is 17.8 Å². The van der Waals surface area contributed by atoms with Gasteiger partial charge in [0.1, 0.15) is 5.75 Å².